The van der Waals surface area contributed by atoms with Crippen molar-refractivity contribution >= 4 is 35.0 Å². The molecule has 0 spiro atoms. The molecule has 1 N–H and O–H groups in total. The quantitative estimate of drug-likeness (QED) is 0.879. The highest BCUT2D eigenvalue weighted by Crippen LogP contribution is 2.36. The Labute approximate surface area is 153 Å². The topological polar surface area (TPSA) is 89.6 Å². The number of thioether (sulfide) groups is 1. The number of rotatable bonds is 4. The molecule has 9 heteroatoms. The number of carbonyl (C=O) groups is 1. The van der Waals surface area contributed by atoms with E-state index in [0.717, 1.165) is 18.4 Å². The first kappa shape index (κ1) is 16.6. The van der Waals surface area contributed by atoms with E-state index >= 15 is 0 Å². The molecule has 1 aromatic heterocycles. The molecule has 0 unspecified atom stereocenters. The lowest BCUT2D eigenvalue weighted by atomic mass is 10.1. The fraction of sp³-hybridized carbons (Fsp3) is 0.375. The van der Waals surface area contributed by atoms with Crippen LogP contribution in [0.1, 0.15) is 36.8 Å². The first-order valence-electron chi connectivity index (χ1n) is 7.92. The second kappa shape index (κ2) is 6.78. The van der Waals surface area contributed by atoms with Crippen LogP contribution in [0.15, 0.2) is 34.5 Å². The van der Waals surface area contributed by atoms with E-state index in [-0.39, 0.29) is 17.8 Å². The number of aromatic nitrogens is 3. The molecule has 130 valence electrons. The van der Waals surface area contributed by atoms with Crippen molar-refractivity contribution in [2.75, 3.05) is 6.61 Å². The van der Waals surface area contributed by atoms with Gasteiger partial charge in [-0.15, -0.1) is 10.2 Å². The molecule has 0 amide bonds. The van der Waals surface area contributed by atoms with E-state index in [2.05, 4.69) is 15.3 Å². The molecule has 1 fully saturated rings. The molecule has 0 saturated carbocycles. The van der Waals surface area contributed by atoms with E-state index in [4.69, 9.17) is 16.3 Å². The lowest BCUT2D eigenvalue weighted by Gasteiger charge is -2.22. The number of hydrogen-bond donors (Lipinski definition) is 1. The average molecular weight is 379 g/mol. The van der Waals surface area contributed by atoms with Gasteiger partial charge in [0.1, 0.15) is 6.10 Å². The van der Waals surface area contributed by atoms with Crippen molar-refractivity contribution in [1.29, 1.82) is 0 Å². The van der Waals surface area contributed by atoms with Crippen LogP contribution in [-0.4, -0.2) is 43.5 Å². The highest BCUT2D eigenvalue weighted by Gasteiger charge is 2.33. The van der Waals surface area contributed by atoms with Crippen molar-refractivity contribution in [3.05, 3.63) is 40.7 Å². The number of carboxylic acids is 1. The van der Waals surface area contributed by atoms with Crippen LogP contribution in [0.4, 0.5) is 0 Å². The number of carboxylic acid groups (broad SMARTS) is 1. The van der Waals surface area contributed by atoms with Crippen LogP contribution in [0.5, 0.6) is 0 Å². The minimum absolute atomic E-state index is 0.0474. The predicted molar refractivity (Wildman–Crippen MR) is 93.2 cm³/mol. The lowest BCUT2D eigenvalue weighted by Crippen LogP contribution is -2.27. The Morgan fingerprint density at radius 1 is 1.36 bits per heavy atom. The highest BCUT2D eigenvalue weighted by atomic mass is 35.5. The summed E-state index contributed by atoms with van der Waals surface area (Å²) in [6, 6.07) is 7.23. The van der Waals surface area contributed by atoms with E-state index in [1.165, 1.54) is 11.8 Å². The molecule has 7 nitrogen and oxygen atoms in total. The van der Waals surface area contributed by atoms with E-state index < -0.39 is 5.97 Å². The maximum atomic E-state index is 11.3. The Balaban J connectivity index is 1.76. The third kappa shape index (κ3) is 3.29. The fourth-order valence-corrected chi connectivity index (χ4v) is 4.17. The fourth-order valence-electron chi connectivity index (χ4n) is 2.94. The molecule has 1 saturated heterocycles. The first-order valence-corrected chi connectivity index (χ1v) is 9.18. The minimum Gasteiger partial charge on any atom is -0.481 e. The van der Waals surface area contributed by atoms with Gasteiger partial charge in [0.15, 0.2) is 5.82 Å². The van der Waals surface area contributed by atoms with E-state index in [1.807, 2.05) is 12.1 Å². The van der Waals surface area contributed by atoms with Crippen LogP contribution >= 0.6 is 23.4 Å². The zero-order valence-corrected chi connectivity index (χ0v) is 14.7. The minimum atomic E-state index is -0.883. The summed E-state index contributed by atoms with van der Waals surface area (Å²) in [5.41, 5.74) is 1.51. The number of hydrogen-bond acceptors (Lipinski definition) is 6. The van der Waals surface area contributed by atoms with Crippen LogP contribution in [-0.2, 0) is 9.53 Å². The molecule has 1 aromatic carbocycles. The standard InChI is InChI=1S/C16H15ClN4O3S/c17-10-5-3-9(4-6-10)14-12(8-13(22)23)25-16-19-18-15(21(16)20-14)11-2-1-7-24-11/h3-6,11-12H,1-2,7-8H2,(H,22,23)/t11-,12-/m1/s1. The molecule has 0 bridgehead atoms. The molecule has 2 aliphatic heterocycles. The number of halogens is 1. The maximum absolute atomic E-state index is 11.3. The summed E-state index contributed by atoms with van der Waals surface area (Å²) in [5.74, 6) is -0.216. The summed E-state index contributed by atoms with van der Waals surface area (Å²) in [4.78, 5) is 11.3. The van der Waals surface area contributed by atoms with Gasteiger partial charge in [-0.05, 0) is 30.5 Å². The van der Waals surface area contributed by atoms with Gasteiger partial charge in [-0.3, -0.25) is 4.79 Å². The monoisotopic (exact) mass is 378 g/mol. The molecule has 2 aromatic rings. The summed E-state index contributed by atoms with van der Waals surface area (Å²) >= 11 is 7.33. The van der Waals surface area contributed by atoms with Gasteiger partial charge in [-0.1, -0.05) is 35.5 Å². The molecular formula is C16H15ClN4O3S. The Bertz CT molecular complexity index is 830. The van der Waals surface area contributed by atoms with Crippen molar-refractivity contribution in [2.45, 2.75) is 35.8 Å². The van der Waals surface area contributed by atoms with Gasteiger partial charge in [0, 0.05) is 11.6 Å². The lowest BCUT2D eigenvalue weighted by molar-refractivity contribution is -0.136. The van der Waals surface area contributed by atoms with Gasteiger partial charge in [0.2, 0.25) is 5.16 Å². The summed E-state index contributed by atoms with van der Waals surface area (Å²) < 4.78 is 7.38. The Kier molecular flexibility index (Phi) is 4.49. The highest BCUT2D eigenvalue weighted by molar-refractivity contribution is 8.00. The van der Waals surface area contributed by atoms with Crippen LogP contribution in [0, 0.1) is 0 Å². The molecule has 2 atom stereocenters. The molecular weight excluding hydrogens is 364 g/mol. The number of nitrogens with zero attached hydrogens (tertiary/aromatic N) is 4. The Morgan fingerprint density at radius 3 is 2.84 bits per heavy atom. The van der Waals surface area contributed by atoms with E-state index in [1.54, 1.807) is 16.8 Å². The molecule has 4 rings (SSSR count). The number of benzene rings is 1. The number of fused-ring (bicyclic) bond motifs is 1. The SMILES string of the molecule is O=C(O)C[C@H]1Sc2nnc([C@H]3CCCO3)n2N=C1c1ccc(Cl)cc1. The van der Waals surface area contributed by atoms with Gasteiger partial charge in [-0.2, -0.15) is 9.78 Å². The van der Waals surface area contributed by atoms with Crippen molar-refractivity contribution < 1.29 is 14.6 Å². The van der Waals surface area contributed by atoms with Crippen molar-refractivity contribution in [2.24, 2.45) is 5.10 Å². The normalized spacial score (nSPS) is 22.5. The number of aliphatic carboxylic acids is 1. The smallest absolute Gasteiger partial charge is 0.304 e. The van der Waals surface area contributed by atoms with Crippen LogP contribution < -0.4 is 0 Å². The summed E-state index contributed by atoms with van der Waals surface area (Å²) in [6.45, 7) is 0.704. The Morgan fingerprint density at radius 2 is 2.16 bits per heavy atom. The van der Waals surface area contributed by atoms with E-state index in [0.29, 0.717) is 28.3 Å². The van der Waals surface area contributed by atoms with Crippen molar-refractivity contribution in [3.8, 4) is 0 Å². The molecule has 0 radical (unpaired) electrons. The summed E-state index contributed by atoms with van der Waals surface area (Å²) in [5, 5.41) is 23.2. The molecule has 0 aliphatic carbocycles. The van der Waals surface area contributed by atoms with Gasteiger partial charge in [-0.25, -0.2) is 0 Å². The molecule has 25 heavy (non-hydrogen) atoms. The Hall–Kier alpha value is -1.90. The third-order valence-electron chi connectivity index (χ3n) is 4.11. The predicted octanol–water partition coefficient (Wildman–Crippen LogP) is 2.98. The summed E-state index contributed by atoms with van der Waals surface area (Å²) in [7, 11) is 0. The molecule has 2 aliphatic rings. The summed E-state index contributed by atoms with van der Waals surface area (Å²) in [6.07, 6.45) is 1.70. The largest absolute Gasteiger partial charge is 0.481 e. The van der Waals surface area contributed by atoms with Crippen LogP contribution in [0.2, 0.25) is 5.02 Å². The first-order chi connectivity index (χ1) is 12.1. The maximum Gasteiger partial charge on any atom is 0.304 e. The zero-order valence-electron chi connectivity index (χ0n) is 13.1. The van der Waals surface area contributed by atoms with Gasteiger partial charge in [0.05, 0.1) is 17.4 Å². The van der Waals surface area contributed by atoms with Crippen LogP contribution in [0.3, 0.4) is 0 Å². The van der Waals surface area contributed by atoms with Gasteiger partial charge >= 0.3 is 5.97 Å². The van der Waals surface area contributed by atoms with E-state index in [9.17, 15) is 9.90 Å². The molecule has 3 heterocycles. The van der Waals surface area contributed by atoms with Crippen molar-refractivity contribution in [3.63, 3.8) is 0 Å². The van der Waals surface area contributed by atoms with Crippen LogP contribution in [0.25, 0.3) is 0 Å². The number of ether oxygens (including phenoxy) is 1. The second-order valence-corrected chi connectivity index (χ2v) is 7.46. The van der Waals surface area contributed by atoms with Crippen molar-refractivity contribution in [1.82, 2.24) is 14.9 Å². The van der Waals surface area contributed by atoms with Gasteiger partial charge in [0.25, 0.3) is 0 Å². The zero-order chi connectivity index (χ0) is 17.4. The van der Waals surface area contributed by atoms with Gasteiger partial charge < -0.3 is 9.84 Å². The average Bonchev–Trinajstić information content (AvgIpc) is 3.23. The third-order valence-corrected chi connectivity index (χ3v) is 5.51. The second-order valence-electron chi connectivity index (χ2n) is 5.85.